The van der Waals surface area contributed by atoms with Gasteiger partial charge in [-0.05, 0) is 25.7 Å². The van der Waals surface area contributed by atoms with E-state index < -0.39 is 11.9 Å². The van der Waals surface area contributed by atoms with Crippen molar-refractivity contribution >= 4 is 11.9 Å². The highest BCUT2D eigenvalue weighted by Gasteiger charge is 2.32. The summed E-state index contributed by atoms with van der Waals surface area (Å²) in [5.41, 5.74) is 0. The summed E-state index contributed by atoms with van der Waals surface area (Å²) in [6.07, 6.45) is 10.0. The summed E-state index contributed by atoms with van der Waals surface area (Å²) < 4.78 is 0. The van der Waals surface area contributed by atoms with Crippen LogP contribution >= 0.6 is 0 Å². The van der Waals surface area contributed by atoms with Crippen LogP contribution in [0.4, 0.5) is 0 Å². The molecule has 0 aromatic heterocycles. The lowest BCUT2D eigenvalue weighted by atomic mass is 9.78. The molecule has 2 saturated carbocycles. The maximum atomic E-state index is 12.3. The van der Waals surface area contributed by atoms with Gasteiger partial charge in [0, 0.05) is 23.8 Å². The minimum atomic E-state index is -1.05. The first-order valence-electron chi connectivity index (χ1n) is 7.69. The van der Waals surface area contributed by atoms with Gasteiger partial charge in [-0.15, -0.1) is 0 Å². The summed E-state index contributed by atoms with van der Waals surface area (Å²) in [5.74, 6) is -2.07. The molecule has 0 saturated heterocycles. The van der Waals surface area contributed by atoms with Gasteiger partial charge in [-0.2, -0.15) is 0 Å². The molecule has 19 heavy (non-hydrogen) atoms. The second-order valence-electron chi connectivity index (χ2n) is 6.01. The number of rotatable bonds is 3. The van der Waals surface area contributed by atoms with E-state index in [1.807, 2.05) is 0 Å². The number of carbonyl (C=O) groups is 2. The molecule has 1 N–H and O–H groups in total. The van der Waals surface area contributed by atoms with Crippen molar-refractivity contribution in [3.8, 4) is 0 Å². The Morgan fingerprint density at radius 2 is 1.32 bits per heavy atom. The molecule has 4 nitrogen and oxygen atoms in total. The van der Waals surface area contributed by atoms with Crippen LogP contribution < -0.4 is 10.4 Å². The maximum absolute atomic E-state index is 12.3. The first-order chi connectivity index (χ1) is 9.18. The van der Waals surface area contributed by atoms with Crippen molar-refractivity contribution in [2.24, 2.45) is 11.8 Å². The van der Waals surface area contributed by atoms with Crippen LogP contribution in [0.3, 0.4) is 0 Å². The van der Waals surface area contributed by atoms with Crippen molar-refractivity contribution in [2.75, 3.05) is 0 Å². The average molecular weight is 266 g/mol. The van der Waals surface area contributed by atoms with E-state index in [0.717, 1.165) is 25.7 Å². The molecule has 2 rings (SSSR count). The molecular formula is C15H24NO3-. The van der Waals surface area contributed by atoms with Crippen LogP contribution in [0.5, 0.6) is 0 Å². The molecule has 4 heteroatoms. The lowest BCUT2D eigenvalue weighted by Gasteiger charge is -2.32. The normalized spacial score (nSPS) is 29.5. The molecule has 2 aliphatic rings. The molecule has 0 radical (unpaired) electrons. The van der Waals surface area contributed by atoms with E-state index in [1.165, 1.54) is 25.7 Å². The molecule has 108 valence electrons. The average Bonchev–Trinajstić information content (AvgIpc) is 2.67. The summed E-state index contributed by atoms with van der Waals surface area (Å²) >= 11 is 0. The number of amides is 1. The van der Waals surface area contributed by atoms with E-state index in [2.05, 4.69) is 5.32 Å². The lowest BCUT2D eigenvalue weighted by molar-refractivity contribution is -0.314. The van der Waals surface area contributed by atoms with Crippen LogP contribution in [-0.4, -0.2) is 17.9 Å². The van der Waals surface area contributed by atoms with Crippen LogP contribution in [0.2, 0.25) is 0 Å². The summed E-state index contributed by atoms with van der Waals surface area (Å²) in [6.45, 7) is 0. The van der Waals surface area contributed by atoms with Crippen molar-refractivity contribution < 1.29 is 14.7 Å². The van der Waals surface area contributed by atoms with E-state index in [0.29, 0.717) is 12.8 Å². The van der Waals surface area contributed by atoms with Gasteiger partial charge in [-0.1, -0.05) is 38.5 Å². The molecule has 0 aliphatic heterocycles. The van der Waals surface area contributed by atoms with Crippen LogP contribution in [-0.2, 0) is 9.59 Å². The number of hydrogen-bond donors (Lipinski definition) is 1. The molecule has 2 atom stereocenters. The largest absolute Gasteiger partial charge is 0.550 e. The minimum Gasteiger partial charge on any atom is -0.550 e. The zero-order valence-electron chi connectivity index (χ0n) is 11.5. The van der Waals surface area contributed by atoms with Crippen molar-refractivity contribution in [1.82, 2.24) is 5.32 Å². The molecule has 2 fully saturated rings. The number of carboxylic acids is 1. The van der Waals surface area contributed by atoms with Gasteiger partial charge in [0.25, 0.3) is 0 Å². The molecule has 0 aromatic carbocycles. The highest BCUT2D eigenvalue weighted by Crippen LogP contribution is 2.30. The summed E-state index contributed by atoms with van der Waals surface area (Å²) in [5, 5.41) is 14.2. The molecule has 0 spiro atoms. The molecule has 0 unspecified atom stereocenters. The second kappa shape index (κ2) is 6.92. The Labute approximate surface area is 115 Å². The fourth-order valence-electron chi connectivity index (χ4n) is 3.46. The van der Waals surface area contributed by atoms with Gasteiger partial charge < -0.3 is 15.2 Å². The topological polar surface area (TPSA) is 69.2 Å². The van der Waals surface area contributed by atoms with Crippen molar-refractivity contribution in [3.05, 3.63) is 0 Å². The monoisotopic (exact) mass is 266 g/mol. The van der Waals surface area contributed by atoms with Crippen molar-refractivity contribution in [3.63, 3.8) is 0 Å². The van der Waals surface area contributed by atoms with Gasteiger partial charge in [0.15, 0.2) is 0 Å². The van der Waals surface area contributed by atoms with Crippen LogP contribution in [0.25, 0.3) is 0 Å². The lowest BCUT2D eigenvalue weighted by Crippen LogP contribution is -2.47. The number of aliphatic carboxylic acids is 1. The number of nitrogens with one attached hydrogen (secondary N) is 1. The van der Waals surface area contributed by atoms with E-state index in [4.69, 9.17) is 0 Å². The van der Waals surface area contributed by atoms with E-state index in [9.17, 15) is 14.7 Å². The molecular weight excluding hydrogens is 242 g/mol. The summed E-state index contributed by atoms with van der Waals surface area (Å²) in [4.78, 5) is 23.4. The van der Waals surface area contributed by atoms with Crippen molar-refractivity contribution in [1.29, 1.82) is 0 Å². The predicted octanol–water partition coefficient (Wildman–Crippen LogP) is 1.38. The van der Waals surface area contributed by atoms with Gasteiger partial charge in [0.05, 0.1) is 0 Å². The highest BCUT2D eigenvalue weighted by atomic mass is 16.4. The smallest absolute Gasteiger partial charge is 0.223 e. The van der Waals surface area contributed by atoms with Crippen LogP contribution in [0.1, 0.15) is 64.2 Å². The van der Waals surface area contributed by atoms with Gasteiger partial charge in [-0.3, -0.25) is 4.79 Å². The Balaban J connectivity index is 1.91. The quantitative estimate of drug-likeness (QED) is 0.785. The third-order valence-corrected chi connectivity index (χ3v) is 4.61. The molecule has 0 aromatic rings. The van der Waals surface area contributed by atoms with Gasteiger partial charge >= 0.3 is 0 Å². The molecule has 0 heterocycles. The zero-order valence-corrected chi connectivity index (χ0v) is 11.5. The zero-order chi connectivity index (χ0) is 13.7. The third kappa shape index (κ3) is 3.95. The van der Waals surface area contributed by atoms with Gasteiger partial charge in [0.2, 0.25) is 5.91 Å². The number of hydrogen-bond acceptors (Lipinski definition) is 3. The molecule has 1 amide bonds. The van der Waals surface area contributed by atoms with E-state index >= 15 is 0 Å². The minimum absolute atomic E-state index is 0.0548. The Morgan fingerprint density at radius 3 is 1.89 bits per heavy atom. The molecule has 0 bridgehead atoms. The second-order valence-corrected chi connectivity index (χ2v) is 6.01. The first-order valence-corrected chi connectivity index (χ1v) is 7.69. The fourth-order valence-corrected chi connectivity index (χ4v) is 3.46. The van der Waals surface area contributed by atoms with E-state index in [1.54, 1.807) is 0 Å². The third-order valence-electron chi connectivity index (χ3n) is 4.61. The van der Waals surface area contributed by atoms with Crippen LogP contribution in [0, 0.1) is 11.8 Å². The molecule has 2 aliphatic carbocycles. The SMILES string of the molecule is O=C([O-])[C@@H]1CCCC[C@H]1C(=O)NC1CCCCCC1. The highest BCUT2D eigenvalue weighted by molar-refractivity contribution is 5.84. The first kappa shape index (κ1) is 14.4. The summed E-state index contributed by atoms with van der Waals surface area (Å²) in [7, 11) is 0. The maximum Gasteiger partial charge on any atom is 0.223 e. The van der Waals surface area contributed by atoms with E-state index in [-0.39, 0.29) is 17.9 Å². The Hall–Kier alpha value is -1.06. The Bertz CT molecular complexity index is 321. The number of carboxylic acid groups (broad SMARTS) is 1. The van der Waals surface area contributed by atoms with Gasteiger partial charge in [0.1, 0.15) is 0 Å². The van der Waals surface area contributed by atoms with Gasteiger partial charge in [-0.25, -0.2) is 0 Å². The van der Waals surface area contributed by atoms with Crippen molar-refractivity contribution in [2.45, 2.75) is 70.3 Å². The predicted molar refractivity (Wildman–Crippen MR) is 70.1 cm³/mol. The Morgan fingerprint density at radius 1 is 0.789 bits per heavy atom. The van der Waals surface area contributed by atoms with Crippen LogP contribution in [0.15, 0.2) is 0 Å². The Kier molecular flexibility index (Phi) is 5.23. The summed E-state index contributed by atoms with van der Waals surface area (Å²) in [6, 6.07) is 0.249. The fraction of sp³-hybridized carbons (Fsp3) is 0.867. The number of carbonyl (C=O) groups excluding carboxylic acids is 2. The standard InChI is InChI=1S/C15H25NO3/c17-14(16-11-7-3-1-2-4-8-11)12-9-5-6-10-13(12)15(18)19/h11-13H,1-10H2,(H,16,17)(H,18,19)/p-1/t12-,13-/m1/s1.